The van der Waals surface area contributed by atoms with Crippen molar-refractivity contribution in [3.05, 3.63) is 58.6 Å². The van der Waals surface area contributed by atoms with Crippen LogP contribution in [-0.2, 0) is 4.79 Å². The van der Waals surface area contributed by atoms with Crippen molar-refractivity contribution in [2.75, 3.05) is 27.3 Å². The van der Waals surface area contributed by atoms with E-state index >= 15 is 0 Å². The Kier molecular flexibility index (Phi) is 6.81. The third-order valence-electron chi connectivity index (χ3n) is 5.26. The van der Waals surface area contributed by atoms with Gasteiger partial charge in [0.15, 0.2) is 0 Å². The Hall–Kier alpha value is -2.24. The number of ether oxygens (including phenoxy) is 2. The number of methoxy groups -OCH3 is 2. The Morgan fingerprint density at radius 1 is 1.25 bits per heavy atom. The maximum absolute atomic E-state index is 12.7. The van der Waals surface area contributed by atoms with Crippen LogP contribution in [0.2, 0.25) is 5.02 Å². The van der Waals surface area contributed by atoms with Crippen molar-refractivity contribution in [2.24, 2.45) is 0 Å². The number of halogens is 1. The SMILES string of the molecule is COc1ccc(OC)c([C@@H]2CCCN2CC(=O)N[C@H](C)c2ccccc2Cl)c1. The lowest BCUT2D eigenvalue weighted by Crippen LogP contribution is -2.38. The van der Waals surface area contributed by atoms with Gasteiger partial charge in [-0.15, -0.1) is 0 Å². The largest absolute Gasteiger partial charge is 0.497 e. The zero-order valence-corrected chi connectivity index (χ0v) is 17.3. The molecule has 1 heterocycles. The number of hydrogen-bond acceptors (Lipinski definition) is 4. The maximum atomic E-state index is 12.7. The fourth-order valence-corrected chi connectivity index (χ4v) is 4.14. The summed E-state index contributed by atoms with van der Waals surface area (Å²) in [5.41, 5.74) is 1.98. The number of amides is 1. The molecule has 0 spiro atoms. The summed E-state index contributed by atoms with van der Waals surface area (Å²) in [4.78, 5) is 14.9. The van der Waals surface area contributed by atoms with Gasteiger partial charge in [0.05, 0.1) is 26.8 Å². The second-order valence-electron chi connectivity index (χ2n) is 7.05. The van der Waals surface area contributed by atoms with E-state index in [2.05, 4.69) is 10.2 Å². The van der Waals surface area contributed by atoms with E-state index in [1.807, 2.05) is 49.4 Å². The predicted molar refractivity (Wildman–Crippen MR) is 111 cm³/mol. The van der Waals surface area contributed by atoms with Crippen molar-refractivity contribution >= 4 is 17.5 Å². The van der Waals surface area contributed by atoms with Crippen molar-refractivity contribution in [1.82, 2.24) is 10.2 Å². The first-order valence-corrected chi connectivity index (χ1v) is 9.91. The van der Waals surface area contributed by atoms with Crippen LogP contribution in [-0.4, -0.2) is 38.1 Å². The van der Waals surface area contributed by atoms with Crippen molar-refractivity contribution < 1.29 is 14.3 Å². The number of rotatable bonds is 7. The third kappa shape index (κ3) is 4.59. The third-order valence-corrected chi connectivity index (χ3v) is 5.60. The number of likely N-dealkylation sites (tertiary alicyclic amines) is 1. The molecule has 2 aromatic rings. The quantitative estimate of drug-likeness (QED) is 0.747. The molecule has 0 aliphatic carbocycles. The van der Waals surface area contributed by atoms with Crippen LogP contribution in [0.4, 0.5) is 0 Å². The Morgan fingerprint density at radius 3 is 2.75 bits per heavy atom. The molecule has 2 atom stereocenters. The molecule has 0 saturated carbocycles. The minimum absolute atomic E-state index is 0.0128. The highest BCUT2D eigenvalue weighted by molar-refractivity contribution is 6.31. The van der Waals surface area contributed by atoms with Crippen molar-refractivity contribution in [2.45, 2.75) is 31.8 Å². The molecule has 0 unspecified atom stereocenters. The Morgan fingerprint density at radius 2 is 2.04 bits per heavy atom. The monoisotopic (exact) mass is 402 g/mol. The van der Waals surface area contributed by atoms with E-state index in [-0.39, 0.29) is 18.0 Å². The van der Waals surface area contributed by atoms with Crippen molar-refractivity contribution in [3.8, 4) is 11.5 Å². The summed E-state index contributed by atoms with van der Waals surface area (Å²) in [5, 5.41) is 3.73. The van der Waals surface area contributed by atoms with Gasteiger partial charge in [-0.05, 0) is 56.1 Å². The summed E-state index contributed by atoms with van der Waals surface area (Å²) in [5.74, 6) is 1.60. The second-order valence-corrected chi connectivity index (χ2v) is 7.45. The Bertz CT molecular complexity index is 827. The lowest BCUT2D eigenvalue weighted by Gasteiger charge is -2.26. The van der Waals surface area contributed by atoms with Gasteiger partial charge in [0, 0.05) is 16.6 Å². The van der Waals surface area contributed by atoms with Gasteiger partial charge >= 0.3 is 0 Å². The van der Waals surface area contributed by atoms with Gasteiger partial charge in [-0.2, -0.15) is 0 Å². The van der Waals surface area contributed by atoms with Crippen molar-refractivity contribution in [3.63, 3.8) is 0 Å². The highest BCUT2D eigenvalue weighted by Crippen LogP contribution is 2.38. The molecular weight excluding hydrogens is 376 g/mol. The van der Waals surface area contributed by atoms with Gasteiger partial charge in [-0.25, -0.2) is 0 Å². The van der Waals surface area contributed by atoms with Crippen LogP contribution in [0.15, 0.2) is 42.5 Å². The predicted octanol–water partition coefficient (Wildman–Crippen LogP) is 4.37. The van der Waals surface area contributed by atoms with E-state index in [0.29, 0.717) is 11.6 Å². The molecule has 0 radical (unpaired) electrons. The van der Waals surface area contributed by atoms with Crippen molar-refractivity contribution in [1.29, 1.82) is 0 Å². The highest BCUT2D eigenvalue weighted by Gasteiger charge is 2.30. The molecule has 28 heavy (non-hydrogen) atoms. The lowest BCUT2D eigenvalue weighted by molar-refractivity contribution is -0.123. The minimum Gasteiger partial charge on any atom is -0.497 e. The molecule has 0 bridgehead atoms. The molecule has 1 amide bonds. The molecule has 0 aromatic heterocycles. The fraction of sp³-hybridized carbons (Fsp3) is 0.409. The van der Waals surface area contributed by atoms with E-state index < -0.39 is 0 Å². The number of nitrogens with one attached hydrogen (secondary N) is 1. The second kappa shape index (κ2) is 9.30. The summed E-state index contributed by atoms with van der Waals surface area (Å²) >= 11 is 6.25. The molecular formula is C22H27ClN2O3. The standard InChI is InChI=1S/C22H27ClN2O3/c1-15(17-7-4-5-8-19(17)23)24-22(26)14-25-12-6-9-20(25)18-13-16(27-2)10-11-21(18)28-3/h4-5,7-8,10-11,13,15,20H,6,9,12,14H2,1-3H3,(H,24,26)/t15-,20+/m1/s1. The number of hydrogen-bond donors (Lipinski definition) is 1. The average molecular weight is 403 g/mol. The molecule has 1 aliphatic heterocycles. The maximum Gasteiger partial charge on any atom is 0.234 e. The first-order chi connectivity index (χ1) is 13.5. The fourth-order valence-electron chi connectivity index (χ4n) is 3.84. The summed E-state index contributed by atoms with van der Waals surface area (Å²) in [6, 6.07) is 13.4. The molecule has 150 valence electrons. The molecule has 2 aromatic carbocycles. The molecule has 6 heteroatoms. The smallest absolute Gasteiger partial charge is 0.234 e. The van der Waals surface area contributed by atoms with Crippen LogP contribution in [0.25, 0.3) is 0 Å². The number of carbonyl (C=O) groups is 1. The van der Waals surface area contributed by atoms with E-state index in [1.165, 1.54) is 0 Å². The first-order valence-electron chi connectivity index (χ1n) is 9.53. The molecule has 1 aliphatic rings. The topological polar surface area (TPSA) is 50.8 Å². The van der Waals surface area contributed by atoms with Crippen LogP contribution in [0.1, 0.15) is 43.0 Å². The van der Waals surface area contributed by atoms with Gasteiger partial charge < -0.3 is 14.8 Å². The summed E-state index contributed by atoms with van der Waals surface area (Å²) in [6.07, 6.45) is 2.02. The minimum atomic E-state index is -0.145. The van der Waals surface area contributed by atoms with Gasteiger partial charge in [0.2, 0.25) is 5.91 Å². The van der Waals surface area contributed by atoms with Crippen LogP contribution in [0.3, 0.4) is 0 Å². The number of carbonyl (C=O) groups excluding carboxylic acids is 1. The number of benzene rings is 2. The molecule has 1 fully saturated rings. The first kappa shape index (κ1) is 20.5. The molecule has 3 rings (SSSR count). The molecule has 1 saturated heterocycles. The van der Waals surface area contributed by atoms with Crippen LogP contribution < -0.4 is 14.8 Å². The normalized spacial score (nSPS) is 17.9. The Labute approximate surface area is 171 Å². The average Bonchev–Trinajstić information content (AvgIpc) is 3.15. The molecule has 5 nitrogen and oxygen atoms in total. The zero-order valence-electron chi connectivity index (χ0n) is 16.6. The Balaban J connectivity index is 1.70. The van der Waals surface area contributed by atoms with Gasteiger partial charge in [-0.3, -0.25) is 9.69 Å². The summed E-state index contributed by atoms with van der Waals surface area (Å²) in [7, 11) is 3.32. The van der Waals surface area contributed by atoms with E-state index in [1.54, 1.807) is 14.2 Å². The van der Waals surface area contributed by atoms with E-state index in [0.717, 1.165) is 42.0 Å². The highest BCUT2D eigenvalue weighted by atomic mass is 35.5. The van der Waals surface area contributed by atoms with Crippen LogP contribution >= 0.6 is 11.6 Å². The van der Waals surface area contributed by atoms with E-state index in [4.69, 9.17) is 21.1 Å². The molecule has 1 N–H and O–H groups in total. The number of nitrogens with zero attached hydrogens (tertiary/aromatic N) is 1. The van der Waals surface area contributed by atoms with Crippen LogP contribution in [0.5, 0.6) is 11.5 Å². The zero-order chi connectivity index (χ0) is 20.1. The van der Waals surface area contributed by atoms with Gasteiger partial charge in [-0.1, -0.05) is 29.8 Å². The van der Waals surface area contributed by atoms with E-state index in [9.17, 15) is 4.79 Å². The summed E-state index contributed by atoms with van der Waals surface area (Å²) in [6.45, 7) is 3.16. The summed E-state index contributed by atoms with van der Waals surface area (Å²) < 4.78 is 10.9. The lowest BCUT2D eigenvalue weighted by atomic mass is 10.0. The van der Waals surface area contributed by atoms with Gasteiger partial charge in [0.1, 0.15) is 11.5 Å². The van der Waals surface area contributed by atoms with Gasteiger partial charge in [0.25, 0.3) is 0 Å². The van der Waals surface area contributed by atoms with Crippen LogP contribution in [0, 0.1) is 0 Å².